The van der Waals surface area contributed by atoms with Crippen molar-refractivity contribution in [1.29, 1.82) is 5.26 Å². The molecule has 1 aromatic rings. The van der Waals surface area contributed by atoms with Gasteiger partial charge in [0.2, 0.25) is 0 Å². The molecule has 1 aromatic carbocycles. The van der Waals surface area contributed by atoms with E-state index in [4.69, 9.17) is 19.9 Å². The van der Waals surface area contributed by atoms with E-state index in [0.29, 0.717) is 24.7 Å². The molecule has 1 unspecified atom stereocenters. The van der Waals surface area contributed by atoms with Gasteiger partial charge in [0, 0.05) is 0 Å². The van der Waals surface area contributed by atoms with Gasteiger partial charge in [0.05, 0.1) is 39.5 Å². The Morgan fingerprint density at radius 3 is 2.32 bits per heavy atom. The molecule has 1 saturated heterocycles. The molecule has 0 radical (unpaired) electrons. The van der Waals surface area contributed by atoms with Gasteiger partial charge in [-0.3, -0.25) is 0 Å². The number of benzene rings is 1. The second-order valence-electron chi connectivity index (χ2n) is 4.80. The number of hydrogen-bond acceptors (Lipinski definition) is 5. The van der Waals surface area contributed by atoms with Crippen LogP contribution in [0.1, 0.15) is 17.2 Å². The lowest BCUT2D eigenvalue weighted by molar-refractivity contribution is -0.0911. The lowest BCUT2D eigenvalue weighted by Crippen LogP contribution is -2.49. The van der Waals surface area contributed by atoms with Crippen LogP contribution in [0.2, 0.25) is 0 Å². The highest BCUT2D eigenvalue weighted by molar-refractivity contribution is 5.49. The molecule has 0 saturated carbocycles. The van der Waals surface area contributed by atoms with Crippen molar-refractivity contribution >= 4 is 0 Å². The van der Waals surface area contributed by atoms with Gasteiger partial charge in [-0.25, -0.2) is 0 Å². The minimum Gasteiger partial charge on any atom is -0.493 e. The zero-order valence-electron chi connectivity index (χ0n) is 11.4. The molecule has 2 rings (SSSR count). The van der Waals surface area contributed by atoms with E-state index < -0.39 is 11.5 Å². The second-order valence-corrected chi connectivity index (χ2v) is 4.80. The van der Waals surface area contributed by atoms with Crippen LogP contribution in [-0.2, 0) is 4.74 Å². The summed E-state index contributed by atoms with van der Waals surface area (Å²) in [6.45, 7) is 2.69. The summed E-state index contributed by atoms with van der Waals surface area (Å²) in [7, 11) is 3.17. The van der Waals surface area contributed by atoms with Crippen LogP contribution >= 0.6 is 0 Å². The number of hydrogen-bond donors (Lipinski definition) is 1. The lowest BCUT2D eigenvalue weighted by atomic mass is 9.76. The monoisotopic (exact) mass is 262 g/mol. The van der Waals surface area contributed by atoms with Crippen molar-refractivity contribution in [2.45, 2.75) is 13.0 Å². The fourth-order valence-electron chi connectivity index (χ4n) is 2.26. The van der Waals surface area contributed by atoms with Crippen LogP contribution in [0.25, 0.3) is 0 Å². The molecule has 5 heteroatoms. The predicted octanol–water partition coefficient (Wildman–Crippen LogP) is 1.55. The molecule has 102 valence electrons. The summed E-state index contributed by atoms with van der Waals surface area (Å²) in [5.41, 5.74) is 7.50. The molecule has 0 amide bonds. The molecule has 1 atom stereocenters. The van der Waals surface area contributed by atoms with Gasteiger partial charge >= 0.3 is 0 Å². The van der Waals surface area contributed by atoms with Crippen molar-refractivity contribution in [1.82, 2.24) is 0 Å². The van der Waals surface area contributed by atoms with Gasteiger partial charge in [-0.05, 0) is 30.2 Å². The third kappa shape index (κ3) is 2.14. The summed E-state index contributed by atoms with van der Waals surface area (Å²) in [5, 5.41) is 9.32. The Balaban J connectivity index is 2.42. The summed E-state index contributed by atoms with van der Waals surface area (Å²) < 4.78 is 15.7. The number of rotatable bonds is 4. The maximum Gasteiger partial charge on any atom is 0.161 e. The Morgan fingerprint density at radius 1 is 1.32 bits per heavy atom. The largest absolute Gasteiger partial charge is 0.493 e. The van der Waals surface area contributed by atoms with E-state index in [-0.39, 0.29) is 0 Å². The minimum absolute atomic E-state index is 0.373. The van der Waals surface area contributed by atoms with Crippen LogP contribution in [0.4, 0.5) is 0 Å². The Morgan fingerprint density at radius 2 is 1.89 bits per heavy atom. The van der Waals surface area contributed by atoms with Gasteiger partial charge in [-0.1, -0.05) is 0 Å². The molecule has 1 aliphatic rings. The molecular formula is C14H18N2O3. The number of nitrogens with two attached hydrogens (primary N) is 1. The first kappa shape index (κ1) is 13.7. The van der Waals surface area contributed by atoms with Crippen LogP contribution in [0.15, 0.2) is 12.1 Å². The zero-order chi connectivity index (χ0) is 14.0. The van der Waals surface area contributed by atoms with E-state index in [2.05, 4.69) is 6.07 Å². The smallest absolute Gasteiger partial charge is 0.161 e. The maximum absolute atomic E-state index is 9.32. The zero-order valence-corrected chi connectivity index (χ0v) is 11.4. The highest BCUT2D eigenvalue weighted by Crippen LogP contribution is 2.42. The molecule has 0 aromatic heterocycles. The van der Waals surface area contributed by atoms with Crippen molar-refractivity contribution in [3.8, 4) is 17.6 Å². The van der Waals surface area contributed by atoms with Crippen LogP contribution in [0, 0.1) is 23.7 Å². The topological polar surface area (TPSA) is 77.5 Å². The van der Waals surface area contributed by atoms with Crippen LogP contribution in [0.5, 0.6) is 11.5 Å². The van der Waals surface area contributed by atoms with Gasteiger partial charge in [-0.2, -0.15) is 5.26 Å². The van der Waals surface area contributed by atoms with Crippen LogP contribution < -0.4 is 15.2 Å². The van der Waals surface area contributed by atoms with E-state index in [0.717, 1.165) is 11.1 Å². The Bertz CT molecular complexity index is 518. The highest BCUT2D eigenvalue weighted by Gasteiger charge is 2.46. The predicted molar refractivity (Wildman–Crippen MR) is 70.1 cm³/mol. The summed E-state index contributed by atoms with van der Waals surface area (Å²) in [6.07, 6.45) is 0. The summed E-state index contributed by atoms with van der Waals surface area (Å²) >= 11 is 0. The first-order valence-electron chi connectivity index (χ1n) is 6.05. The number of nitrogens with zero attached hydrogens (tertiary/aromatic N) is 1. The Hall–Kier alpha value is -1.77. The third-order valence-electron chi connectivity index (χ3n) is 3.64. The fourth-order valence-corrected chi connectivity index (χ4v) is 2.26. The van der Waals surface area contributed by atoms with Crippen LogP contribution in [-0.4, -0.2) is 27.4 Å². The van der Waals surface area contributed by atoms with Crippen molar-refractivity contribution in [3.05, 3.63) is 23.3 Å². The van der Waals surface area contributed by atoms with Crippen molar-refractivity contribution in [3.63, 3.8) is 0 Å². The van der Waals surface area contributed by atoms with Gasteiger partial charge in [-0.15, -0.1) is 0 Å². The van der Waals surface area contributed by atoms with Crippen LogP contribution in [0.3, 0.4) is 0 Å². The third-order valence-corrected chi connectivity index (χ3v) is 3.64. The van der Waals surface area contributed by atoms with E-state index in [1.54, 1.807) is 14.2 Å². The summed E-state index contributed by atoms with van der Waals surface area (Å²) in [5.74, 6) is 1.28. The average molecular weight is 262 g/mol. The fraction of sp³-hybridized carbons (Fsp3) is 0.500. The van der Waals surface area contributed by atoms with E-state index >= 15 is 0 Å². The van der Waals surface area contributed by atoms with E-state index in [9.17, 15) is 5.26 Å². The number of ether oxygens (including phenoxy) is 3. The normalized spacial score (nSPS) is 18.1. The molecule has 0 bridgehead atoms. The molecule has 0 aliphatic carbocycles. The summed E-state index contributed by atoms with van der Waals surface area (Å²) in [4.78, 5) is 0. The molecular weight excluding hydrogens is 244 g/mol. The van der Waals surface area contributed by atoms with Gasteiger partial charge in [0.15, 0.2) is 11.5 Å². The molecule has 19 heavy (non-hydrogen) atoms. The Labute approximate surface area is 112 Å². The van der Waals surface area contributed by atoms with Gasteiger partial charge in [0.25, 0.3) is 0 Å². The first-order chi connectivity index (χ1) is 9.07. The second kappa shape index (κ2) is 5.08. The first-order valence-corrected chi connectivity index (χ1v) is 6.05. The highest BCUT2D eigenvalue weighted by atomic mass is 16.5. The van der Waals surface area contributed by atoms with E-state index in [1.807, 2.05) is 19.1 Å². The Kier molecular flexibility index (Phi) is 3.65. The molecule has 1 fully saturated rings. The standard InChI is InChI=1S/C14H18N2O3/c1-9-4-11(17-2)12(18-3)5-10(9)13(16)14(6-15)7-19-8-14/h4-5,13H,7-8,16H2,1-3H3. The quantitative estimate of drug-likeness (QED) is 0.890. The SMILES string of the molecule is COc1cc(C)c(C(N)C2(C#N)COC2)cc1OC. The molecule has 0 spiro atoms. The van der Waals surface area contributed by atoms with Crippen molar-refractivity contribution in [2.75, 3.05) is 27.4 Å². The minimum atomic E-state index is -0.635. The lowest BCUT2D eigenvalue weighted by Gasteiger charge is -2.40. The van der Waals surface area contributed by atoms with Gasteiger partial charge in [0.1, 0.15) is 5.41 Å². The van der Waals surface area contributed by atoms with Crippen molar-refractivity contribution in [2.24, 2.45) is 11.1 Å². The van der Waals surface area contributed by atoms with Crippen molar-refractivity contribution < 1.29 is 14.2 Å². The molecule has 5 nitrogen and oxygen atoms in total. The number of aryl methyl sites for hydroxylation is 1. The maximum atomic E-state index is 9.32. The average Bonchev–Trinajstić information content (AvgIpc) is 2.37. The van der Waals surface area contributed by atoms with Gasteiger partial charge < -0.3 is 19.9 Å². The summed E-state index contributed by atoms with van der Waals surface area (Å²) in [6, 6.07) is 5.60. The molecule has 1 heterocycles. The molecule has 2 N–H and O–H groups in total. The number of nitriles is 1. The molecule has 1 aliphatic heterocycles. The van der Waals surface area contributed by atoms with E-state index in [1.165, 1.54) is 0 Å². The number of methoxy groups -OCH3 is 2.